The third kappa shape index (κ3) is 5.71. The zero-order valence-electron chi connectivity index (χ0n) is 11.0. The monoisotopic (exact) mass is 237 g/mol. The van der Waals surface area contributed by atoms with E-state index in [9.17, 15) is 0 Å². The third-order valence-corrected chi connectivity index (χ3v) is 2.80. The van der Waals surface area contributed by atoms with Crippen molar-refractivity contribution in [3.63, 3.8) is 0 Å². The van der Waals surface area contributed by atoms with Gasteiger partial charge in [-0.2, -0.15) is 0 Å². The molecule has 0 saturated heterocycles. The zero-order chi connectivity index (χ0) is 12.5. The summed E-state index contributed by atoms with van der Waals surface area (Å²) in [5, 5.41) is 3.48. The van der Waals surface area contributed by atoms with Gasteiger partial charge < -0.3 is 14.8 Å². The SMILES string of the molecule is COCCC(C)NCCc1cccc(OC)c1. The Morgan fingerprint density at radius 3 is 2.82 bits per heavy atom. The Morgan fingerprint density at radius 2 is 2.12 bits per heavy atom. The van der Waals surface area contributed by atoms with E-state index in [2.05, 4.69) is 24.4 Å². The maximum atomic E-state index is 5.20. The lowest BCUT2D eigenvalue weighted by atomic mass is 10.1. The van der Waals surface area contributed by atoms with Gasteiger partial charge in [-0.3, -0.25) is 0 Å². The molecule has 0 fully saturated rings. The molecule has 0 saturated carbocycles. The molecule has 17 heavy (non-hydrogen) atoms. The molecule has 0 aromatic heterocycles. The summed E-state index contributed by atoms with van der Waals surface area (Å²) >= 11 is 0. The number of hydrogen-bond acceptors (Lipinski definition) is 3. The van der Waals surface area contributed by atoms with Crippen LogP contribution < -0.4 is 10.1 Å². The second kappa shape index (κ2) is 8.09. The van der Waals surface area contributed by atoms with E-state index in [1.165, 1.54) is 5.56 Å². The largest absolute Gasteiger partial charge is 0.497 e. The fourth-order valence-electron chi connectivity index (χ4n) is 1.69. The van der Waals surface area contributed by atoms with Gasteiger partial charge in [0.1, 0.15) is 5.75 Å². The van der Waals surface area contributed by atoms with Crippen molar-refractivity contribution in [3.8, 4) is 5.75 Å². The van der Waals surface area contributed by atoms with E-state index >= 15 is 0 Å². The van der Waals surface area contributed by atoms with Gasteiger partial charge in [0.15, 0.2) is 0 Å². The highest BCUT2D eigenvalue weighted by Gasteiger charge is 2.01. The molecule has 0 bridgehead atoms. The highest BCUT2D eigenvalue weighted by molar-refractivity contribution is 5.28. The van der Waals surface area contributed by atoms with Gasteiger partial charge in [0.05, 0.1) is 7.11 Å². The van der Waals surface area contributed by atoms with Crippen molar-refractivity contribution in [1.82, 2.24) is 5.32 Å². The molecular weight excluding hydrogens is 214 g/mol. The predicted molar refractivity (Wildman–Crippen MR) is 70.7 cm³/mol. The van der Waals surface area contributed by atoms with Crippen molar-refractivity contribution in [2.75, 3.05) is 27.4 Å². The Bertz CT molecular complexity index is 315. The first-order chi connectivity index (χ1) is 8.26. The van der Waals surface area contributed by atoms with Gasteiger partial charge in [-0.05, 0) is 44.0 Å². The average molecular weight is 237 g/mol. The van der Waals surface area contributed by atoms with Crippen LogP contribution in [0.4, 0.5) is 0 Å². The van der Waals surface area contributed by atoms with Crippen LogP contribution in [0.5, 0.6) is 5.75 Å². The molecule has 1 unspecified atom stereocenters. The van der Waals surface area contributed by atoms with Crippen LogP contribution in [0.1, 0.15) is 18.9 Å². The number of methoxy groups -OCH3 is 2. The van der Waals surface area contributed by atoms with Crippen LogP contribution >= 0.6 is 0 Å². The van der Waals surface area contributed by atoms with Crippen molar-refractivity contribution in [1.29, 1.82) is 0 Å². The minimum absolute atomic E-state index is 0.501. The van der Waals surface area contributed by atoms with Crippen LogP contribution in [0.2, 0.25) is 0 Å². The zero-order valence-corrected chi connectivity index (χ0v) is 11.0. The van der Waals surface area contributed by atoms with Crippen LogP contribution in [0.3, 0.4) is 0 Å². The summed E-state index contributed by atoms with van der Waals surface area (Å²) in [6.45, 7) is 3.98. The first kappa shape index (κ1) is 14.0. The summed E-state index contributed by atoms with van der Waals surface area (Å²) in [5.74, 6) is 0.926. The number of benzene rings is 1. The number of hydrogen-bond donors (Lipinski definition) is 1. The maximum absolute atomic E-state index is 5.20. The lowest BCUT2D eigenvalue weighted by Gasteiger charge is -2.13. The highest BCUT2D eigenvalue weighted by atomic mass is 16.5. The van der Waals surface area contributed by atoms with Crippen LogP contribution in [0, 0.1) is 0 Å². The summed E-state index contributed by atoms with van der Waals surface area (Å²) in [4.78, 5) is 0. The molecule has 0 amide bonds. The van der Waals surface area contributed by atoms with Crippen LogP contribution in [-0.4, -0.2) is 33.4 Å². The van der Waals surface area contributed by atoms with Gasteiger partial charge >= 0.3 is 0 Å². The van der Waals surface area contributed by atoms with Crippen LogP contribution in [0.15, 0.2) is 24.3 Å². The van der Waals surface area contributed by atoms with E-state index in [1.54, 1.807) is 14.2 Å². The molecule has 3 heteroatoms. The minimum Gasteiger partial charge on any atom is -0.497 e. The summed E-state index contributed by atoms with van der Waals surface area (Å²) in [7, 11) is 3.44. The van der Waals surface area contributed by atoms with Crippen molar-refractivity contribution in [3.05, 3.63) is 29.8 Å². The molecule has 0 radical (unpaired) electrons. The van der Waals surface area contributed by atoms with Gasteiger partial charge in [-0.15, -0.1) is 0 Å². The minimum atomic E-state index is 0.501. The van der Waals surface area contributed by atoms with E-state index in [-0.39, 0.29) is 0 Å². The standard InChI is InChI=1S/C14H23NO2/c1-12(8-10-16-2)15-9-7-13-5-4-6-14(11-13)17-3/h4-6,11-12,15H,7-10H2,1-3H3. The first-order valence-electron chi connectivity index (χ1n) is 6.11. The lowest BCUT2D eigenvalue weighted by Crippen LogP contribution is -2.29. The average Bonchev–Trinajstić information content (AvgIpc) is 2.36. The molecule has 1 aromatic carbocycles. The van der Waals surface area contributed by atoms with Gasteiger partial charge in [0, 0.05) is 19.8 Å². The fourth-order valence-corrected chi connectivity index (χ4v) is 1.69. The van der Waals surface area contributed by atoms with Gasteiger partial charge in [-0.25, -0.2) is 0 Å². The van der Waals surface area contributed by atoms with E-state index in [4.69, 9.17) is 9.47 Å². The lowest BCUT2D eigenvalue weighted by molar-refractivity contribution is 0.185. The molecule has 0 spiro atoms. The Kier molecular flexibility index (Phi) is 6.67. The van der Waals surface area contributed by atoms with E-state index in [0.717, 1.165) is 31.7 Å². The Hall–Kier alpha value is -1.06. The Labute approximate surface area is 104 Å². The molecule has 1 N–H and O–H groups in total. The Balaban J connectivity index is 2.25. The predicted octanol–water partition coefficient (Wildman–Crippen LogP) is 2.25. The molecule has 1 rings (SSSR count). The molecule has 1 aromatic rings. The normalized spacial score (nSPS) is 12.4. The maximum Gasteiger partial charge on any atom is 0.119 e. The van der Waals surface area contributed by atoms with Crippen LogP contribution in [0.25, 0.3) is 0 Å². The fraction of sp³-hybridized carbons (Fsp3) is 0.571. The molecule has 0 aliphatic carbocycles. The molecule has 3 nitrogen and oxygen atoms in total. The van der Waals surface area contributed by atoms with Crippen LogP contribution in [-0.2, 0) is 11.2 Å². The van der Waals surface area contributed by atoms with Crippen molar-refractivity contribution in [2.24, 2.45) is 0 Å². The smallest absolute Gasteiger partial charge is 0.119 e. The number of rotatable bonds is 8. The molecule has 0 aliphatic heterocycles. The van der Waals surface area contributed by atoms with E-state index < -0.39 is 0 Å². The van der Waals surface area contributed by atoms with Gasteiger partial charge in [0.2, 0.25) is 0 Å². The molecule has 96 valence electrons. The van der Waals surface area contributed by atoms with Crippen molar-refractivity contribution >= 4 is 0 Å². The second-order valence-electron chi connectivity index (χ2n) is 4.24. The second-order valence-corrected chi connectivity index (χ2v) is 4.24. The van der Waals surface area contributed by atoms with Gasteiger partial charge in [0.25, 0.3) is 0 Å². The van der Waals surface area contributed by atoms with Gasteiger partial charge in [-0.1, -0.05) is 12.1 Å². The highest BCUT2D eigenvalue weighted by Crippen LogP contribution is 2.12. The van der Waals surface area contributed by atoms with E-state index in [0.29, 0.717) is 6.04 Å². The third-order valence-electron chi connectivity index (χ3n) is 2.80. The molecular formula is C14H23NO2. The van der Waals surface area contributed by atoms with Crippen molar-refractivity contribution < 1.29 is 9.47 Å². The number of ether oxygens (including phenoxy) is 2. The molecule has 1 atom stereocenters. The summed E-state index contributed by atoms with van der Waals surface area (Å²) in [5.41, 5.74) is 1.30. The molecule has 0 heterocycles. The summed E-state index contributed by atoms with van der Waals surface area (Å²) < 4.78 is 10.2. The van der Waals surface area contributed by atoms with Crippen molar-refractivity contribution in [2.45, 2.75) is 25.8 Å². The Morgan fingerprint density at radius 1 is 1.29 bits per heavy atom. The topological polar surface area (TPSA) is 30.5 Å². The van der Waals surface area contributed by atoms with E-state index in [1.807, 2.05) is 12.1 Å². The molecule has 0 aliphatic rings. The summed E-state index contributed by atoms with van der Waals surface area (Å²) in [6.07, 6.45) is 2.07. The first-order valence-corrected chi connectivity index (χ1v) is 6.11. The summed E-state index contributed by atoms with van der Waals surface area (Å²) in [6, 6.07) is 8.71. The quantitative estimate of drug-likeness (QED) is 0.752. The number of nitrogens with one attached hydrogen (secondary N) is 1.